The third-order valence-electron chi connectivity index (χ3n) is 4.54. The number of halogens is 1. The first-order valence-electron chi connectivity index (χ1n) is 8.39. The largest absolute Gasteiger partial charge is 0.349 e. The number of hydrogen-bond acceptors (Lipinski definition) is 5. The highest BCUT2D eigenvalue weighted by molar-refractivity contribution is 7.11. The lowest BCUT2D eigenvalue weighted by atomic mass is 9.90. The maximum absolute atomic E-state index is 12.6. The standard InChI is InChI=1S/C17H25N5OS.ClH/c1-10(2)16-11(3)24-15(21-16)8-19-17(23)14-7-18-6-13(14)12-5-20-22(4)9-12;/h5,9-10,13-14,18H,6-8H2,1-4H3,(H,19,23);1H/t13-,14+;/m1./s1. The van der Waals surface area contributed by atoms with Gasteiger partial charge in [-0.1, -0.05) is 13.8 Å². The Morgan fingerprint density at radius 3 is 2.84 bits per heavy atom. The van der Waals surface area contributed by atoms with Gasteiger partial charge in [-0.15, -0.1) is 23.7 Å². The summed E-state index contributed by atoms with van der Waals surface area (Å²) in [5.41, 5.74) is 2.26. The second kappa shape index (κ2) is 8.29. The van der Waals surface area contributed by atoms with Crippen molar-refractivity contribution in [2.75, 3.05) is 13.1 Å². The molecule has 0 spiro atoms. The molecule has 2 aromatic rings. The molecule has 8 heteroatoms. The van der Waals surface area contributed by atoms with Crippen molar-refractivity contribution in [2.45, 2.75) is 39.2 Å². The number of aromatic nitrogens is 3. The third-order valence-corrected chi connectivity index (χ3v) is 5.53. The summed E-state index contributed by atoms with van der Waals surface area (Å²) >= 11 is 1.67. The molecule has 0 aromatic carbocycles. The van der Waals surface area contributed by atoms with Crippen LogP contribution in [0.15, 0.2) is 12.4 Å². The molecule has 0 unspecified atom stereocenters. The van der Waals surface area contributed by atoms with Crippen molar-refractivity contribution in [1.29, 1.82) is 0 Å². The number of thiazole rings is 1. The molecule has 1 saturated heterocycles. The predicted octanol–water partition coefficient (Wildman–Crippen LogP) is 2.35. The lowest BCUT2D eigenvalue weighted by Crippen LogP contribution is -2.33. The summed E-state index contributed by atoms with van der Waals surface area (Å²) < 4.78 is 1.79. The van der Waals surface area contributed by atoms with Crippen LogP contribution in [0.5, 0.6) is 0 Å². The number of nitrogens with one attached hydrogen (secondary N) is 2. The molecule has 1 amide bonds. The second-order valence-electron chi connectivity index (χ2n) is 6.74. The van der Waals surface area contributed by atoms with Gasteiger partial charge >= 0.3 is 0 Å². The molecule has 0 bridgehead atoms. The Labute approximate surface area is 158 Å². The summed E-state index contributed by atoms with van der Waals surface area (Å²) in [6.45, 7) is 8.42. The van der Waals surface area contributed by atoms with Crippen molar-refractivity contribution in [1.82, 2.24) is 25.4 Å². The Balaban J connectivity index is 0.00000225. The van der Waals surface area contributed by atoms with E-state index >= 15 is 0 Å². The van der Waals surface area contributed by atoms with Gasteiger partial charge < -0.3 is 10.6 Å². The van der Waals surface area contributed by atoms with Crippen LogP contribution < -0.4 is 10.6 Å². The molecule has 138 valence electrons. The minimum atomic E-state index is -0.0557. The van der Waals surface area contributed by atoms with Gasteiger partial charge in [0.1, 0.15) is 5.01 Å². The summed E-state index contributed by atoms with van der Waals surface area (Å²) in [7, 11) is 1.90. The molecular weight excluding hydrogens is 358 g/mol. The van der Waals surface area contributed by atoms with Gasteiger partial charge in [-0.3, -0.25) is 9.48 Å². The van der Waals surface area contributed by atoms with Crippen molar-refractivity contribution in [3.05, 3.63) is 33.5 Å². The highest BCUT2D eigenvalue weighted by atomic mass is 35.5. The van der Waals surface area contributed by atoms with Crippen LogP contribution in [0.4, 0.5) is 0 Å². The molecule has 1 fully saturated rings. The number of carbonyl (C=O) groups excluding carboxylic acids is 1. The molecule has 2 N–H and O–H groups in total. The third kappa shape index (κ3) is 4.40. The van der Waals surface area contributed by atoms with Crippen LogP contribution in [-0.2, 0) is 18.4 Å². The number of nitrogens with zero attached hydrogens (tertiary/aromatic N) is 3. The normalized spacial score (nSPS) is 19.9. The summed E-state index contributed by atoms with van der Waals surface area (Å²) in [5, 5.41) is 11.6. The van der Waals surface area contributed by atoms with Gasteiger partial charge in [0.15, 0.2) is 0 Å². The van der Waals surface area contributed by atoms with Crippen molar-refractivity contribution >= 4 is 29.7 Å². The first-order valence-corrected chi connectivity index (χ1v) is 9.20. The van der Waals surface area contributed by atoms with E-state index < -0.39 is 0 Å². The van der Waals surface area contributed by atoms with E-state index in [4.69, 9.17) is 0 Å². The van der Waals surface area contributed by atoms with Crippen molar-refractivity contribution in [3.8, 4) is 0 Å². The fourth-order valence-electron chi connectivity index (χ4n) is 3.31. The fraction of sp³-hybridized carbons (Fsp3) is 0.588. The van der Waals surface area contributed by atoms with Gasteiger partial charge in [0.25, 0.3) is 0 Å². The highest BCUT2D eigenvalue weighted by Gasteiger charge is 2.34. The van der Waals surface area contributed by atoms with E-state index in [0.29, 0.717) is 19.0 Å². The van der Waals surface area contributed by atoms with Crippen LogP contribution in [0.3, 0.4) is 0 Å². The van der Waals surface area contributed by atoms with Gasteiger partial charge in [0.2, 0.25) is 5.91 Å². The Morgan fingerprint density at radius 2 is 2.24 bits per heavy atom. The molecule has 2 atom stereocenters. The quantitative estimate of drug-likeness (QED) is 0.831. The van der Waals surface area contributed by atoms with E-state index in [1.165, 1.54) is 4.88 Å². The molecule has 6 nitrogen and oxygen atoms in total. The van der Waals surface area contributed by atoms with E-state index in [2.05, 4.69) is 41.5 Å². The van der Waals surface area contributed by atoms with Crippen LogP contribution in [0.1, 0.15) is 46.8 Å². The minimum absolute atomic E-state index is 0. The topological polar surface area (TPSA) is 71.8 Å². The molecule has 25 heavy (non-hydrogen) atoms. The number of carbonyl (C=O) groups is 1. The van der Waals surface area contributed by atoms with Crippen molar-refractivity contribution in [3.63, 3.8) is 0 Å². The van der Waals surface area contributed by atoms with E-state index in [0.717, 1.165) is 22.8 Å². The summed E-state index contributed by atoms with van der Waals surface area (Å²) in [6, 6.07) is 0. The molecule has 3 rings (SSSR count). The lowest BCUT2D eigenvalue weighted by molar-refractivity contribution is -0.125. The number of hydrogen-bond donors (Lipinski definition) is 2. The van der Waals surface area contributed by atoms with Crippen LogP contribution in [0.2, 0.25) is 0 Å². The number of aryl methyl sites for hydroxylation is 2. The zero-order valence-electron chi connectivity index (χ0n) is 15.1. The molecule has 0 radical (unpaired) electrons. The number of amides is 1. The van der Waals surface area contributed by atoms with Gasteiger partial charge in [-0.2, -0.15) is 5.10 Å². The van der Waals surface area contributed by atoms with Crippen molar-refractivity contribution < 1.29 is 4.79 Å². The SMILES string of the molecule is Cc1sc(CNC(=O)[C@H]2CNC[C@@H]2c2cnn(C)c2)nc1C(C)C.Cl. The molecule has 0 saturated carbocycles. The smallest absolute Gasteiger partial charge is 0.225 e. The molecule has 1 aliphatic heterocycles. The maximum atomic E-state index is 12.6. The van der Waals surface area contributed by atoms with Gasteiger partial charge in [-0.05, 0) is 18.4 Å². The zero-order chi connectivity index (χ0) is 17.3. The Morgan fingerprint density at radius 1 is 1.48 bits per heavy atom. The second-order valence-corrected chi connectivity index (χ2v) is 8.03. The first-order chi connectivity index (χ1) is 11.5. The van der Waals surface area contributed by atoms with Gasteiger partial charge in [0.05, 0.1) is 24.4 Å². The van der Waals surface area contributed by atoms with Gasteiger partial charge in [0, 0.05) is 37.1 Å². The van der Waals surface area contributed by atoms with Crippen LogP contribution >= 0.6 is 23.7 Å². The summed E-state index contributed by atoms with van der Waals surface area (Å²) in [4.78, 5) is 18.5. The van der Waals surface area contributed by atoms with Crippen LogP contribution in [0.25, 0.3) is 0 Å². The molecule has 0 aliphatic carbocycles. The monoisotopic (exact) mass is 383 g/mol. The fourth-order valence-corrected chi connectivity index (χ4v) is 4.33. The summed E-state index contributed by atoms with van der Waals surface area (Å²) in [5.74, 6) is 0.635. The van der Waals surface area contributed by atoms with E-state index in [1.807, 2.05) is 19.4 Å². The van der Waals surface area contributed by atoms with Crippen LogP contribution in [-0.4, -0.2) is 33.8 Å². The van der Waals surface area contributed by atoms with E-state index in [1.54, 1.807) is 16.0 Å². The molecule has 1 aliphatic rings. The molecule has 3 heterocycles. The van der Waals surface area contributed by atoms with Crippen molar-refractivity contribution in [2.24, 2.45) is 13.0 Å². The maximum Gasteiger partial charge on any atom is 0.225 e. The Bertz CT molecular complexity index is 726. The van der Waals surface area contributed by atoms with Crippen LogP contribution in [0, 0.1) is 12.8 Å². The predicted molar refractivity (Wildman–Crippen MR) is 102 cm³/mol. The lowest BCUT2D eigenvalue weighted by Gasteiger charge is -2.16. The van der Waals surface area contributed by atoms with E-state index in [-0.39, 0.29) is 30.2 Å². The average molecular weight is 384 g/mol. The highest BCUT2D eigenvalue weighted by Crippen LogP contribution is 2.28. The Hall–Kier alpha value is -1.44. The Kier molecular flexibility index (Phi) is 6.59. The number of rotatable bonds is 5. The first kappa shape index (κ1) is 19.9. The van der Waals surface area contributed by atoms with E-state index in [9.17, 15) is 4.79 Å². The zero-order valence-corrected chi connectivity index (χ0v) is 16.7. The molecular formula is C17H26ClN5OS. The minimum Gasteiger partial charge on any atom is -0.349 e. The molecule has 2 aromatic heterocycles. The average Bonchev–Trinajstić information content (AvgIpc) is 3.23. The van der Waals surface area contributed by atoms with Gasteiger partial charge in [-0.25, -0.2) is 4.98 Å². The summed E-state index contributed by atoms with van der Waals surface area (Å²) in [6.07, 6.45) is 3.86.